The molecule has 0 aliphatic heterocycles. The summed E-state index contributed by atoms with van der Waals surface area (Å²) in [6.07, 6.45) is 0.989. The molecule has 1 saturated carbocycles. The van der Waals surface area contributed by atoms with Crippen LogP contribution in [0.15, 0.2) is 0 Å². The van der Waals surface area contributed by atoms with E-state index >= 15 is 0 Å². The average Bonchev–Trinajstić information content (AvgIpc) is 1.44. The minimum absolute atomic E-state index is 0.0451. The van der Waals surface area contributed by atoms with Crippen molar-refractivity contribution in [2.24, 2.45) is 10.8 Å². The molecule has 0 aromatic rings. The van der Waals surface area contributed by atoms with Gasteiger partial charge in [0.2, 0.25) is 5.92 Å². The molecule has 1 fully saturated rings. The smallest absolute Gasteiger partial charge is 0.207 e. The zero-order valence-corrected chi connectivity index (χ0v) is 8.38. The number of rotatable bonds is 0. The molecule has 0 amide bonds. The Labute approximate surface area is 73.3 Å². The van der Waals surface area contributed by atoms with Gasteiger partial charge in [0.05, 0.1) is 0 Å². The predicted molar refractivity (Wildman–Crippen MR) is 46.4 cm³/mol. The monoisotopic (exact) mass is 176 g/mol. The quantitative estimate of drug-likeness (QED) is 0.525. The molecular formula is C10H18F2. The molecule has 0 N–H and O–H groups in total. The van der Waals surface area contributed by atoms with Crippen LogP contribution in [0.1, 0.15) is 47.0 Å². The first kappa shape index (κ1) is 9.94. The minimum atomic E-state index is -2.45. The van der Waals surface area contributed by atoms with Gasteiger partial charge >= 0.3 is 0 Å². The summed E-state index contributed by atoms with van der Waals surface area (Å²) >= 11 is 0. The van der Waals surface area contributed by atoms with E-state index in [1.165, 1.54) is 0 Å². The van der Waals surface area contributed by atoms with Crippen LogP contribution in [0.3, 0.4) is 0 Å². The fraction of sp³-hybridized carbons (Fsp3) is 1.00. The van der Waals surface area contributed by atoms with Gasteiger partial charge in [0, 0.05) is 12.8 Å². The summed E-state index contributed by atoms with van der Waals surface area (Å²) in [5, 5.41) is 0. The minimum Gasteiger partial charge on any atom is -0.207 e. The fourth-order valence-electron chi connectivity index (χ4n) is 2.88. The van der Waals surface area contributed by atoms with Gasteiger partial charge in [0.15, 0.2) is 0 Å². The van der Waals surface area contributed by atoms with Crippen LogP contribution >= 0.6 is 0 Å². The van der Waals surface area contributed by atoms with E-state index in [1.54, 1.807) is 0 Å². The molecule has 0 radical (unpaired) electrons. The zero-order chi connectivity index (χ0) is 9.62. The van der Waals surface area contributed by atoms with Crippen LogP contribution in [0.5, 0.6) is 0 Å². The Morgan fingerprint density at radius 1 is 0.750 bits per heavy atom. The van der Waals surface area contributed by atoms with Crippen LogP contribution in [0.2, 0.25) is 0 Å². The summed E-state index contributed by atoms with van der Waals surface area (Å²) in [4.78, 5) is 0. The van der Waals surface area contributed by atoms with E-state index in [-0.39, 0.29) is 23.7 Å². The maximum absolute atomic E-state index is 13.2. The van der Waals surface area contributed by atoms with Crippen molar-refractivity contribution in [3.8, 4) is 0 Å². The Kier molecular flexibility index (Phi) is 2.01. The van der Waals surface area contributed by atoms with Crippen molar-refractivity contribution in [3.05, 3.63) is 0 Å². The van der Waals surface area contributed by atoms with E-state index in [0.717, 1.165) is 6.42 Å². The first-order valence-corrected chi connectivity index (χ1v) is 4.50. The number of halogens is 2. The van der Waals surface area contributed by atoms with Gasteiger partial charge in [-0.2, -0.15) is 0 Å². The largest absolute Gasteiger partial charge is 0.249 e. The first-order chi connectivity index (χ1) is 5.12. The third-order valence-corrected chi connectivity index (χ3v) is 2.43. The lowest BCUT2D eigenvalue weighted by molar-refractivity contribution is -0.115. The molecule has 0 spiro atoms. The highest BCUT2D eigenvalue weighted by atomic mass is 19.3. The van der Waals surface area contributed by atoms with Crippen molar-refractivity contribution in [2.75, 3.05) is 0 Å². The highest BCUT2D eigenvalue weighted by Crippen LogP contribution is 2.52. The summed E-state index contributed by atoms with van der Waals surface area (Å²) in [5.41, 5.74) is -0.406. The predicted octanol–water partition coefficient (Wildman–Crippen LogP) is 3.86. The summed E-state index contributed by atoms with van der Waals surface area (Å²) in [6.45, 7) is 7.73. The van der Waals surface area contributed by atoms with Crippen LogP contribution in [0.25, 0.3) is 0 Å². The average molecular weight is 176 g/mol. The van der Waals surface area contributed by atoms with Crippen LogP contribution in [-0.4, -0.2) is 5.92 Å². The van der Waals surface area contributed by atoms with E-state index in [4.69, 9.17) is 0 Å². The van der Waals surface area contributed by atoms with E-state index < -0.39 is 5.92 Å². The van der Waals surface area contributed by atoms with Crippen molar-refractivity contribution >= 4 is 0 Å². The lowest BCUT2D eigenvalue weighted by Gasteiger charge is -2.44. The van der Waals surface area contributed by atoms with Crippen molar-refractivity contribution < 1.29 is 8.78 Å². The Morgan fingerprint density at radius 2 is 1.08 bits per heavy atom. The normalized spacial score (nSPS) is 31.5. The molecule has 0 bridgehead atoms. The SMILES string of the molecule is CC1(C)CC(C)(C)CC(F)(F)C1. The lowest BCUT2D eigenvalue weighted by atomic mass is 9.64. The molecule has 2 heteroatoms. The van der Waals surface area contributed by atoms with Gasteiger partial charge in [0.25, 0.3) is 0 Å². The summed E-state index contributed by atoms with van der Waals surface area (Å²) in [7, 11) is 0. The third kappa shape index (κ3) is 2.43. The van der Waals surface area contributed by atoms with Crippen LogP contribution in [-0.2, 0) is 0 Å². The first-order valence-electron chi connectivity index (χ1n) is 4.50. The Hall–Kier alpha value is -0.140. The van der Waals surface area contributed by atoms with Gasteiger partial charge in [-0.05, 0) is 17.3 Å². The fourth-order valence-corrected chi connectivity index (χ4v) is 2.88. The maximum Gasteiger partial charge on any atom is 0.249 e. The lowest BCUT2D eigenvalue weighted by Crippen LogP contribution is -2.40. The van der Waals surface area contributed by atoms with Crippen LogP contribution in [0.4, 0.5) is 8.78 Å². The van der Waals surface area contributed by atoms with Crippen LogP contribution < -0.4 is 0 Å². The van der Waals surface area contributed by atoms with Crippen molar-refractivity contribution in [3.63, 3.8) is 0 Å². The van der Waals surface area contributed by atoms with E-state index in [1.807, 2.05) is 27.7 Å². The van der Waals surface area contributed by atoms with Crippen LogP contribution in [0, 0.1) is 10.8 Å². The van der Waals surface area contributed by atoms with E-state index in [9.17, 15) is 8.78 Å². The van der Waals surface area contributed by atoms with Gasteiger partial charge in [-0.3, -0.25) is 0 Å². The third-order valence-electron chi connectivity index (χ3n) is 2.43. The van der Waals surface area contributed by atoms with Crippen molar-refractivity contribution in [1.82, 2.24) is 0 Å². The molecule has 0 aromatic heterocycles. The zero-order valence-electron chi connectivity index (χ0n) is 8.38. The second kappa shape index (κ2) is 2.43. The highest BCUT2D eigenvalue weighted by Gasteiger charge is 2.48. The van der Waals surface area contributed by atoms with Gasteiger partial charge < -0.3 is 0 Å². The number of alkyl halides is 2. The highest BCUT2D eigenvalue weighted by molar-refractivity contribution is 4.92. The summed E-state index contributed by atoms with van der Waals surface area (Å²) in [6, 6.07) is 0. The van der Waals surface area contributed by atoms with Crippen molar-refractivity contribution in [2.45, 2.75) is 52.9 Å². The molecule has 1 aliphatic carbocycles. The Morgan fingerprint density at radius 3 is 1.33 bits per heavy atom. The Bertz CT molecular complexity index is 135. The van der Waals surface area contributed by atoms with E-state index in [0.29, 0.717) is 0 Å². The van der Waals surface area contributed by atoms with Gasteiger partial charge in [-0.1, -0.05) is 27.7 Å². The number of hydrogen-bond acceptors (Lipinski definition) is 0. The molecular weight excluding hydrogens is 158 g/mol. The van der Waals surface area contributed by atoms with Gasteiger partial charge in [-0.15, -0.1) is 0 Å². The maximum atomic E-state index is 13.2. The van der Waals surface area contributed by atoms with Gasteiger partial charge in [-0.25, -0.2) is 8.78 Å². The second-order valence-corrected chi connectivity index (χ2v) is 5.71. The molecule has 1 aliphatic rings. The van der Waals surface area contributed by atoms with E-state index in [2.05, 4.69) is 0 Å². The standard InChI is InChI=1S/C10H18F2/c1-8(2)5-9(3,4)7-10(11,12)6-8/h5-7H2,1-4H3. The molecule has 0 nitrogen and oxygen atoms in total. The molecule has 12 heavy (non-hydrogen) atoms. The number of hydrogen-bond donors (Lipinski definition) is 0. The molecule has 0 saturated heterocycles. The second-order valence-electron chi connectivity index (χ2n) is 5.71. The topological polar surface area (TPSA) is 0 Å². The molecule has 0 aromatic carbocycles. The molecule has 1 rings (SSSR count). The molecule has 0 heterocycles. The van der Waals surface area contributed by atoms with Gasteiger partial charge in [0.1, 0.15) is 0 Å². The molecule has 0 unspecified atom stereocenters. The molecule has 72 valence electrons. The summed E-state index contributed by atoms with van der Waals surface area (Å²) in [5.74, 6) is -2.45. The summed E-state index contributed by atoms with van der Waals surface area (Å²) < 4.78 is 26.4. The molecule has 0 atom stereocenters. The van der Waals surface area contributed by atoms with Crippen molar-refractivity contribution in [1.29, 1.82) is 0 Å². The Balaban J connectivity index is 2.81.